The van der Waals surface area contributed by atoms with Crippen molar-refractivity contribution < 1.29 is 0 Å². The first kappa shape index (κ1) is 29.5. The molecule has 6 heterocycles. The maximum atomic E-state index is 2.55. The Morgan fingerprint density at radius 2 is 0.621 bits per heavy atom. The second-order valence-corrected chi connectivity index (χ2v) is 16.0. The molecule has 0 unspecified atom stereocenters. The van der Waals surface area contributed by atoms with Gasteiger partial charge in [-0.1, -0.05) is 121 Å². The van der Waals surface area contributed by atoms with Gasteiger partial charge < -0.3 is 17.9 Å². The van der Waals surface area contributed by atoms with Crippen LogP contribution in [0.1, 0.15) is 0 Å². The van der Waals surface area contributed by atoms with Gasteiger partial charge in [0, 0.05) is 76.0 Å². The third-order valence-electron chi connectivity index (χ3n) is 13.4. The van der Waals surface area contributed by atoms with E-state index in [-0.39, 0.29) is 0 Å². The fraction of sp³-hybridized carbons (Fsp3) is 0. The van der Waals surface area contributed by atoms with Gasteiger partial charge >= 0.3 is 0 Å². The Morgan fingerprint density at radius 1 is 0.224 bits per heavy atom. The summed E-state index contributed by atoms with van der Waals surface area (Å²) in [5.74, 6) is 0. The molecule has 15 aromatic rings. The molecule has 4 nitrogen and oxygen atoms in total. The summed E-state index contributed by atoms with van der Waals surface area (Å²) in [6, 6.07) is 67.6. The summed E-state index contributed by atoms with van der Waals surface area (Å²) >= 11 is 0. The highest BCUT2D eigenvalue weighted by atomic mass is 15.0. The second-order valence-electron chi connectivity index (χ2n) is 16.0. The first-order valence-electron chi connectivity index (χ1n) is 20.1. The lowest BCUT2D eigenvalue weighted by atomic mass is 10.0. The van der Waals surface area contributed by atoms with Gasteiger partial charge in [-0.3, -0.25) is 0 Å². The van der Waals surface area contributed by atoms with Crippen LogP contribution in [0, 0.1) is 0 Å². The van der Waals surface area contributed by atoms with Gasteiger partial charge in [0.15, 0.2) is 0 Å². The number of aromatic nitrogens is 4. The van der Waals surface area contributed by atoms with Crippen molar-refractivity contribution >= 4 is 120 Å². The minimum atomic E-state index is 1.18. The topological polar surface area (TPSA) is 18.7 Å². The summed E-state index contributed by atoms with van der Waals surface area (Å²) in [5.41, 5.74) is 14.9. The average Bonchev–Trinajstić information content (AvgIpc) is 4.11. The molecule has 0 aliphatic rings. The number of para-hydroxylation sites is 6. The van der Waals surface area contributed by atoms with Gasteiger partial charge in [-0.25, -0.2) is 0 Å². The van der Waals surface area contributed by atoms with E-state index in [9.17, 15) is 0 Å². The van der Waals surface area contributed by atoms with Crippen molar-refractivity contribution in [3.05, 3.63) is 182 Å². The molecule has 0 saturated carbocycles. The van der Waals surface area contributed by atoms with Crippen molar-refractivity contribution in [2.75, 3.05) is 0 Å². The van der Waals surface area contributed by atoms with E-state index in [1.165, 1.54) is 131 Å². The van der Waals surface area contributed by atoms with Crippen molar-refractivity contribution in [3.63, 3.8) is 0 Å². The summed E-state index contributed by atoms with van der Waals surface area (Å²) in [7, 11) is 0. The molecule has 15 rings (SSSR count). The molecule has 0 radical (unpaired) electrons. The molecule has 0 atom stereocenters. The van der Waals surface area contributed by atoms with Crippen LogP contribution in [0.2, 0.25) is 0 Å². The predicted octanol–water partition coefficient (Wildman–Crippen LogP) is 14.2. The van der Waals surface area contributed by atoms with Crippen LogP contribution >= 0.6 is 0 Å². The number of nitrogens with zero attached hydrogens (tertiary/aromatic N) is 4. The molecule has 6 aromatic heterocycles. The molecule has 0 aliphatic carbocycles. The monoisotopic (exact) mass is 734 g/mol. The summed E-state index contributed by atoms with van der Waals surface area (Å²) < 4.78 is 10.1. The molecule has 58 heavy (non-hydrogen) atoms. The average molecular weight is 735 g/mol. The Bertz CT molecular complexity index is 3960. The van der Waals surface area contributed by atoms with Crippen molar-refractivity contribution in [1.29, 1.82) is 0 Å². The molecule has 266 valence electrons. The molecule has 9 aromatic carbocycles. The lowest BCUT2D eigenvalue weighted by molar-refractivity contribution is 1.19. The van der Waals surface area contributed by atoms with Gasteiger partial charge in [-0.05, 0) is 60.7 Å². The largest absolute Gasteiger partial charge is 0.309 e. The number of benzene rings is 9. The van der Waals surface area contributed by atoms with Gasteiger partial charge in [-0.2, -0.15) is 0 Å². The molecule has 4 heteroatoms. The molecule has 0 N–H and O–H groups in total. The third kappa shape index (κ3) is 3.30. The van der Waals surface area contributed by atoms with Crippen LogP contribution < -0.4 is 0 Å². The van der Waals surface area contributed by atoms with Gasteiger partial charge in [0.25, 0.3) is 0 Å². The zero-order valence-corrected chi connectivity index (χ0v) is 31.1. The Kier molecular flexibility index (Phi) is 5.14. The van der Waals surface area contributed by atoms with Gasteiger partial charge in [0.05, 0.1) is 55.2 Å². The summed E-state index contributed by atoms with van der Waals surface area (Å²) in [5, 5.41) is 15.5. The highest BCUT2D eigenvalue weighted by Gasteiger charge is 2.26. The third-order valence-corrected chi connectivity index (χ3v) is 13.4. The highest BCUT2D eigenvalue weighted by molar-refractivity contribution is 6.34. The van der Waals surface area contributed by atoms with Crippen LogP contribution in [-0.2, 0) is 0 Å². The lowest BCUT2D eigenvalue weighted by Gasteiger charge is -2.09. The maximum absolute atomic E-state index is 2.55. The summed E-state index contributed by atoms with van der Waals surface area (Å²) in [4.78, 5) is 0. The quantitative estimate of drug-likeness (QED) is 0.168. The van der Waals surface area contributed by atoms with E-state index in [2.05, 4.69) is 200 Å². The highest BCUT2D eigenvalue weighted by Crippen LogP contribution is 2.48. The van der Waals surface area contributed by atoms with Gasteiger partial charge in [0.2, 0.25) is 0 Å². The fourth-order valence-electron chi connectivity index (χ4n) is 11.2. The molecular weight excluding hydrogens is 705 g/mol. The zero-order valence-electron chi connectivity index (χ0n) is 31.1. The molecule has 0 aliphatic heterocycles. The lowest BCUT2D eigenvalue weighted by Crippen LogP contribution is -1.94. The SMILES string of the molecule is c1ccc(-n2c3ccccc3c3ccc4c(c5cccc6c7cc8c9cccc%10c%11c%12c(ccc%11n(c8cc7n4c65)c9%10)c4ccccc4n%12-c4ccccc4)c32)cc1. The van der Waals surface area contributed by atoms with Crippen LogP contribution in [0.15, 0.2) is 182 Å². The molecule has 0 spiro atoms. The first-order chi connectivity index (χ1) is 28.8. The van der Waals surface area contributed by atoms with Crippen molar-refractivity contribution in [3.8, 4) is 11.4 Å². The minimum absolute atomic E-state index is 1.18. The normalized spacial score (nSPS) is 12.8. The van der Waals surface area contributed by atoms with Gasteiger partial charge in [0.1, 0.15) is 0 Å². The molecule has 0 amide bonds. The standard InChI is InChI=1S/C54H30N4/c1-3-13-31(14-4-1)55-43-23-9-7-17-33(43)37-25-27-45-49(53(37)55)39-21-11-19-35-41-29-42-36-20-12-22-40-50-46(58(52(36)40)48(42)30-47(41)57(45)51(35)39)28-26-38-34-18-8-10-24-44(34)56(54(38)50)32-15-5-2-6-16-32/h1-30H. The van der Waals surface area contributed by atoms with Crippen LogP contribution in [-0.4, -0.2) is 17.9 Å². The van der Waals surface area contributed by atoms with Crippen LogP contribution in [0.25, 0.3) is 131 Å². The Labute approximate surface area is 329 Å². The van der Waals surface area contributed by atoms with E-state index in [0.29, 0.717) is 0 Å². The van der Waals surface area contributed by atoms with Crippen LogP contribution in [0.4, 0.5) is 0 Å². The fourth-order valence-corrected chi connectivity index (χ4v) is 11.2. The minimum Gasteiger partial charge on any atom is -0.309 e. The second kappa shape index (κ2) is 10.1. The molecule has 0 saturated heterocycles. The molecule has 0 bridgehead atoms. The van der Waals surface area contributed by atoms with Gasteiger partial charge in [-0.15, -0.1) is 0 Å². The molecule has 0 fully saturated rings. The van der Waals surface area contributed by atoms with Crippen molar-refractivity contribution in [2.45, 2.75) is 0 Å². The van der Waals surface area contributed by atoms with E-state index in [1.807, 2.05) is 0 Å². The number of hydrogen-bond acceptors (Lipinski definition) is 0. The molecular formula is C54H30N4. The first-order valence-corrected chi connectivity index (χ1v) is 20.1. The van der Waals surface area contributed by atoms with Crippen LogP contribution in [0.5, 0.6) is 0 Å². The van der Waals surface area contributed by atoms with Crippen LogP contribution in [0.3, 0.4) is 0 Å². The van der Waals surface area contributed by atoms with Crippen molar-refractivity contribution in [1.82, 2.24) is 17.9 Å². The van der Waals surface area contributed by atoms with E-state index in [0.717, 1.165) is 0 Å². The van der Waals surface area contributed by atoms with E-state index in [4.69, 9.17) is 0 Å². The predicted molar refractivity (Wildman–Crippen MR) is 244 cm³/mol. The number of rotatable bonds is 2. The Balaban J connectivity index is 1.12. The Hall–Kier alpha value is -7.82. The zero-order chi connectivity index (χ0) is 37.4. The smallest absolute Gasteiger partial charge is 0.0641 e. The number of fused-ring (bicyclic) bond motifs is 20. The van der Waals surface area contributed by atoms with E-state index < -0.39 is 0 Å². The summed E-state index contributed by atoms with van der Waals surface area (Å²) in [6.07, 6.45) is 0. The van der Waals surface area contributed by atoms with E-state index >= 15 is 0 Å². The van der Waals surface area contributed by atoms with Crippen molar-refractivity contribution in [2.24, 2.45) is 0 Å². The summed E-state index contributed by atoms with van der Waals surface area (Å²) in [6.45, 7) is 0. The number of hydrogen-bond donors (Lipinski definition) is 0. The van der Waals surface area contributed by atoms with E-state index in [1.54, 1.807) is 0 Å². The Morgan fingerprint density at radius 3 is 1.10 bits per heavy atom. The maximum Gasteiger partial charge on any atom is 0.0641 e.